The van der Waals surface area contributed by atoms with E-state index < -0.39 is 0 Å². The number of hydrogen-bond donors (Lipinski definition) is 2. The van der Waals surface area contributed by atoms with Gasteiger partial charge in [-0.05, 0) is 62.1 Å². The number of ether oxygens (including phenoxy) is 1. The number of amides is 2. The molecule has 0 saturated heterocycles. The van der Waals surface area contributed by atoms with Crippen molar-refractivity contribution in [2.24, 2.45) is 5.92 Å². The zero-order chi connectivity index (χ0) is 20.9. The number of anilines is 1. The van der Waals surface area contributed by atoms with E-state index in [0.717, 1.165) is 29.7 Å². The van der Waals surface area contributed by atoms with Crippen molar-refractivity contribution in [3.8, 4) is 5.75 Å². The van der Waals surface area contributed by atoms with Crippen molar-refractivity contribution < 1.29 is 14.3 Å². The van der Waals surface area contributed by atoms with E-state index in [1.807, 2.05) is 49.4 Å². The van der Waals surface area contributed by atoms with E-state index in [4.69, 9.17) is 4.74 Å². The minimum Gasteiger partial charge on any atom is -0.492 e. The van der Waals surface area contributed by atoms with Crippen LogP contribution in [0.2, 0.25) is 0 Å². The lowest BCUT2D eigenvalue weighted by Gasteiger charge is -2.27. The first-order valence-corrected chi connectivity index (χ1v) is 11.0. The second-order valence-electron chi connectivity index (χ2n) is 8.55. The van der Waals surface area contributed by atoms with Crippen LogP contribution in [-0.2, 0) is 11.2 Å². The Labute approximate surface area is 178 Å². The molecule has 4 rings (SSSR count). The van der Waals surface area contributed by atoms with Crippen molar-refractivity contribution in [2.75, 3.05) is 11.9 Å². The fourth-order valence-corrected chi connectivity index (χ4v) is 4.29. The molecule has 1 fully saturated rings. The minimum absolute atomic E-state index is 0.0849. The van der Waals surface area contributed by atoms with Crippen LogP contribution in [0.1, 0.15) is 60.0 Å². The molecule has 1 atom stereocenters. The van der Waals surface area contributed by atoms with Gasteiger partial charge in [0, 0.05) is 17.3 Å². The first kappa shape index (κ1) is 20.5. The number of carbonyl (C=O) groups is 2. The Balaban J connectivity index is 1.39. The monoisotopic (exact) mass is 406 g/mol. The molecule has 1 aliphatic carbocycles. The van der Waals surface area contributed by atoms with Crippen molar-refractivity contribution >= 4 is 17.5 Å². The van der Waals surface area contributed by atoms with Gasteiger partial charge in [-0.1, -0.05) is 43.4 Å². The molecule has 5 heteroatoms. The summed E-state index contributed by atoms with van der Waals surface area (Å²) < 4.78 is 5.86. The topological polar surface area (TPSA) is 67.4 Å². The molecule has 0 unspecified atom stereocenters. The molecule has 2 N–H and O–H groups in total. The number of rotatable bonds is 4. The number of aryl methyl sites for hydroxylation is 1. The maximum Gasteiger partial charge on any atom is 0.255 e. The van der Waals surface area contributed by atoms with E-state index in [9.17, 15) is 9.59 Å². The Morgan fingerprint density at radius 2 is 1.70 bits per heavy atom. The number of nitrogens with one attached hydrogen (secondary N) is 2. The van der Waals surface area contributed by atoms with Crippen LogP contribution in [0.4, 0.5) is 5.69 Å². The zero-order valence-corrected chi connectivity index (χ0v) is 17.6. The van der Waals surface area contributed by atoms with Gasteiger partial charge in [-0.25, -0.2) is 0 Å². The molecule has 30 heavy (non-hydrogen) atoms. The number of benzene rings is 2. The first-order valence-electron chi connectivity index (χ1n) is 11.0. The van der Waals surface area contributed by atoms with E-state index in [0.29, 0.717) is 30.3 Å². The molecule has 5 nitrogen and oxygen atoms in total. The summed E-state index contributed by atoms with van der Waals surface area (Å²) in [6.07, 6.45) is 7.70. The summed E-state index contributed by atoms with van der Waals surface area (Å²) in [5.41, 5.74) is 3.41. The minimum atomic E-state index is -0.191. The summed E-state index contributed by atoms with van der Waals surface area (Å²) in [6, 6.07) is 13.4. The molecule has 2 aromatic rings. The summed E-state index contributed by atoms with van der Waals surface area (Å²) in [6.45, 7) is 2.40. The van der Waals surface area contributed by atoms with E-state index in [2.05, 4.69) is 10.6 Å². The Kier molecular flexibility index (Phi) is 6.36. The van der Waals surface area contributed by atoms with Crippen LogP contribution in [0.3, 0.4) is 0 Å². The van der Waals surface area contributed by atoms with Gasteiger partial charge in [0.2, 0.25) is 5.91 Å². The SMILES string of the molecule is Cc1ccc(C(=O)Nc2ccc3c(c2)C[C@@H](C(=O)NC2CCCCCC2)CO3)cc1. The van der Waals surface area contributed by atoms with E-state index in [-0.39, 0.29) is 17.7 Å². The number of hydrogen-bond acceptors (Lipinski definition) is 3. The molecule has 0 radical (unpaired) electrons. The van der Waals surface area contributed by atoms with Crippen LogP contribution in [0.25, 0.3) is 0 Å². The molecule has 2 aromatic carbocycles. The first-order chi connectivity index (χ1) is 14.6. The molecular weight excluding hydrogens is 376 g/mol. The lowest BCUT2D eigenvalue weighted by molar-refractivity contribution is -0.127. The van der Waals surface area contributed by atoms with E-state index >= 15 is 0 Å². The molecule has 2 amide bonds. The average molecular weight is 407 g/mol. The highest BCUT2D eigenvalue weighted by Crippen LogP contribution is 2.30. The molecule has 2 aliphatic rings. The highest BCUT2D eigenvalue weighted by Gasteiger charge is 2.28. The van der Waals surface area contributed by atoms with Crippen molar-refractivity contribution in [3.63, 3.8) is 0 Å². The van der Waals surface area contributed by atoms with Crippen molar-refractivity contribution in [3.05, 3.63) is 59.2 Å². The third kappa shape index (κ3) is 5.02. The molecule has 0 aromatic heterocycles. The van der Waals surface area contributed by atoms with Crippen LogP contribution in [-0.4, -0.2) is 24.5 Å². The van der Waals surface area contributed by atoms with Crippen LogP contribution >= 0.6 is 0 Å². The molecule has 1 heterocycles. The fourth-order valence-electron chi connectivity index (χ4n) is 4.29. The zero-order valence-electron chi connectivity index (χ0n) is 17.6. The largest absolute Gasteiger partial charge is 0.492 e. The summed E-state index contributed by atoms with van der Waals surface area (Å²) in [4.78, 5) is 25.3. The summed E-state index contributed by atoms with van der Waals surface area (Å²) in [5.74, 6) is 0.543. The summed E-state index contributed by atoms with van der Waals surface area (Å²) in [7, 11) is 0. The van der Waals surface area contributed by atoms with Crippen LogP contribution < -0.4 is 15.4 Å². The lowest BCUT2D eigenvalue weighted by Crippen LogP contribution is -2.42. The molecular formula is C25H30N2O3. The third-order valence-electron chi connectivity index (χ3n) is 6.11. The molecule has 1 saturated carbocycles. The Bertz CT molecular complexity index is 899. The van der Waals surface area contributed by atoms with E-state index in [1.54, 1.807) is 0 Å². The summed E-state index contributed by atoms with van der Waals surface area (Å²) in [5, 5.41) is 6.19. The van der Waals surface area contributed by atoms with Gasteiger partial charge >= 0.3 is 0 Å². The highest BCUT2D eigenvalue weighted by molar-refractivity contribution is 6.04. The molecule has 1 aliphatic heterocycles. The summed E-state index contributed by atoms with van der Waals surface area (Å²) >= 11 is 0. The lowest BCUT2D eigenvalue weighted by atomic mass is 9.95. The standard InChI is InChI=1S/C25H30N2O3/c1-17-8-10-18(11-9-17)24(28)27-22-12-13-23-19(15-22)14-20(16-30-23)25(29)26-21-6-4-2-3-5-7-21/h8-13,15,20-21H,2-7,14,16H2,1H3,(H,26,29)(H,27,28)/t20-/m1/s1. The average Bonchev–Trinajstić information content (AvgIpc) is 3.02. The van der Waals surface area contributed by atoms with E-state index in [1.165, 1.54) is 25.7 Å². The van der Waals surface area contributed by atoms with Gasteiger partial charge in [-0.2, -0.15) is 0 Å². The number of carbonyl (C=O) groups excluding carboxylic acids is 2. The van der Waals surface area contributed by atoms with Crippen molar-refractivity contribution in [2.45, 2.75) is 57.9 Å². The van der Waals surface area contributed by atoms with Crippen LogP contribution in [0.5, 0.6) is 5.75 Å². The van der Waals surface area contributed by atoms with Gasteiger partial charge in [0.25, 0.3) is 5.91 Å². The van der Waals surface area contributed by atoms with Crippen LogP contribution in [0.15, 0.2) is 42.5 Å². The van der Waals surface area contributed by atoms with Gasteiger partial charge in [-0.15, -0.1) is 0 Å². The maximum atomic E-state index is 12.8. The normalized spacial score (nSPS) is 19.2. The Hall–Kier alpha value is -2.82. The van der Waals surface area contributed by atoms with Gasteiger partial charge in [-0.3, -0.25) is 9.59 Å². The number of fused-ring (bicyclic) bond motifs is 1. The smallest absolute Gasteiger partial charge is 0.255 e. The van der Waals surface area contributed by atoms with Crippen molar-refractivity contribution in [1.82, 2.24) is 5.32 Å². The predicted octanol–water partition coefficient (Wildman–Crippen LogP) is 4.64. The van der Waals surface area contributed by atoms with Crippen molar-refractivity contribution in [1.29, 1.82) is 0 Å². The molecule has 0 spiro atoms. The molecule has 158 valence electrons. The van der Waals surface area contributed by atoms with Gasteiger partial charge < -0.3 is 15.4 Å². The molecule has 0 bridgehead atoms. The second-order valence-corrected chi connectivity index (χ2v) is 8.55. The highest BCUT2D eigenvalue weighted by atomic mass is 16.5. The van der Waals surface area contributed by atoms with Gasteiger partial charge in [0.1, 0.15) is 12.4 Å². The quantitative estimate of drug-likeness (QED) is 0.727. The fraction of sp³-hybridized carbons (Fsp3) is 0.440. The van der Waals surface area contributed by atoms with Gasteiger partial charge in [0.15, 0.2) is 0 Å². The second kappa shape index (κ2) is 9.33. The Morgan fingerprint density at radius 3 is 2.43 bits per heavy atom. The Morgan fingerprint density at radius 1 is 0.967 bits per heavy atom. The third-order valence-corrected chi connectivity index (χ3v) is 6.11. The van der Waals surface area contributed by atoms with Crippen LogP contribution in [0, 0.1) is 12.8 Å². The van der Waals surface area contributed by atoms with Gasteiger partial charge in [0.05, 0.1) is 5.92 Å². The maximum absolute atomic E-state index is 12.8. The predicted molar refractivity (Wildman–Crippen MR) is 118 cm³/mol.